The first-order valence-corrected chi connectivity index (χ1v) is 7.19. The Hall–Kier alpha value is -1.60. The van der Waals surface area contributed by atoms with Crippen molar-refractivity contribution in [1.29, 1.82) is 5.26 Å². The van der Waals surface area contributed by atoms with Gasteiger partial charge in [0.05, 0.1) is 16.8 Å². The molecule has 4 nitrogen and oxygen atoms in total. The Morgan fingerprint density at radius 2 is 2.15 bits per heavy atom. The van der Waals surface area contributed by atoms with Gasteiger partial charge in [-0.25, -0.2) is 4.98 Å². The zero-order valence-corrected chi connectivity index (χ0v) is 12.7. The highest BCUT2D eigenvalue weighted by Crippen LogP contribution is 2.44. The lowest BCUT2D eigenvalue weighted by molar-refractivity contribution is 0.0999. The van der Waals surface area contributed by atoms with Crippen molar-refractivity contribution < 1.29 is 4.79 Å². The summed E-state index contributed by atoms with van der Waals surface area (Å²) in [6.07, 6.45) is 2.00. The van der Waals surface area contributed by atoms with Crippen molar-refractivity contribution in [2.75, 3.05) is 0 Å². The van der Waals surface area contributed by atoms with Crippen molar-refractivity contribution in [3.05, 3.63) is 27.5 Å². The van der Waals surface area contributed by atoms with Crippen LogP contribution in [0, 0.1) is 17.2 Å². The molecule has 0 bridgehead atoms. The van der Waals surface area contributed by atoms with Gasteiger partial charge >= 0.3 is 0 Å². The van der Waals surface area contributed by atoms with Gasteiger partial charge in [0.1, 0.15) is 11.2 Å². The largest absolute Gasteiger partial charge is 0.365 e. The van der Waals surface area contributed by atoms with E-state index in [1.165, 1.54) is 0 Å². The van der Waals surface area contributed by atoms with E-state index in [-0.39, 0.29) is 22.6 Å². The Kier molecular flexibility index (Phi) is 4.01. The first-order valence-electron chi connectivity index (χ1n) is 6.81. The Morgan fingerprint density at radius 3 is 2.65 bits per heavy atom. The first kappa shape index (κ1) is 14.8. The quantitative estimate of drug-likeness (QED) is 0.849. The maximum atomic E-state index is 11.6. The second kappa shape index (κ2) is 5.41. The maximum Gasteiger partial charge on any atom is 0.253 e. The molecule has 1 amide bonds. The van der Waals surface area contributed by atoms with Gasteiger partial charge in [0, 0.05) is 5.92 Å². The van der Waals surface area contributed by atoms with Crippen molar-refractivity contribution >= 4 is 17.5 Å². The fourth-order valence-corrected chi connectivity index (χ4v) is 3.35. The van der Waals surface area contributed by atoms with Crippen LogP contribution < -0.4 is 5.73 Å². The molecule has 20 heavy (non-hydrogen) atoms. The van der Waals surface area contributed by atoms with E-state index in [0.29, 0.717) is 11.5 Å². The molecule has 2 rings (SSSR count). The summed E-state index contributed by atoms with van der Waals surface area (Å²) in [5, 5.41) is 9.49. The summed E-state index contributed by atoms with van der Waals surface area (Å²) in [5.74, 6) is 0.182. The average Bonchev–Trinajstić information content (AvgIpc) is 2.36. The summed E-state index contributed by atoms with van der Waals surface area (Å²) in [4.78, 5) is 16.0. The number of hydrogen-bond acceptors (Lipinski definition) is 3. The van der Waals surface area contributed by atoms with Gasteiger partial charge in [-0.15, -0.1) is 0 Å². The van der Waals surface area contributed by atoms with E-state index >= 15 is 0 Å². The van der Waals surface area contributed by atoms with Crippen LogP contribution in [-0.4, -0.2) is 10.9 Å². The summed E-state index contributed by atoms with van der Waals surface area (Å²) in [6.45, 7) is 6.32. The molecule has 1 aromatic rings. The van der Waals surface area contributed by atoms with Crippen LogP contribution in [-0.2, 0) is 0 Å². The molecular weight excluding hydrogens is 274 g/mol. The maximum absolute atomic E-state index is 11.6. The fraction of sp³-hybridized carbons (Fsp3) is 0.533. The van der Waals surface area contributed by atoms with Gasteiger partial charge in [0.2, 0.25) is 0 Å². The van der Waals surface area contributed by atoms with Gasteiger partial charge < -0.3 is 5.73 Å². The molecule has 0 saturated heterocycles. The molecule has 1 aliphatic rings. The molecule has 0 radical (unpaired) electrons. The Labute approximate surface area is 123 Å². The number of carbonyl (C=O) groups is 1. The number of nitriles is 1. The third-order valence-electron chi connectivity index (χ3n) is 4.14. The SMILES string of the molecule is CC(C)[C@@H]1CC[C@H](C)c2c1nc(Cl)c(C(N)=O)c2C#N. The van der Waals surface area contributed by atoms with Crippen LogP contribution in [0.3, 0.4) is 0 Å². The number of primary amides is 1. The Bertz CT molecular complexity index is 604. The molecule has 0 spiro atoms. The van der Waals surface area contributed by atoms with E-state index < -0.39 is 5.91 Å². The molecule has 5 heteroatoms. The van der Waals surface area contributed by atoms with E-state index in [1.807, 2.05) is 0 Å². The van der Waals surface area contributed by atoms with Crippen LogP contribution in [0.15, 0.2) is 0 Å². The molecule has 1 aliphatic carbocycles. The minimum absolute atomic E-state index is 0.0487. The second-order valence-corrected chi connectivity index (χ2v) is 6.11. The normalized spacial score (nSPS) is 21.4. The summed E-state index contributed by atoms with van der Waals surface area (Å²) >= 11 is 6.09. The Balaban J connectivity index is 2.78. The van der Waals surface area contributed by atoms with Crippen molar-refractivity contribution in [3.63, 3.8) is 0 Å². The van der Waals surface area contributed by atoms with Crippen LogP contribution in [0.2, 0.25) is 5.15 Å². The van der Waals surface area contributed by atoms with Crippen LogP contribution >= 0.6 is 11.6 Å². The van der Waals surface area contributed by atoms with Crippen molar-refractivity contribution in [1.82, 2.24) is 4.98 Å². The minimum Gasteiger partial charge on any atom is -0.365 e. The van der Waals surface area contributed by atoms with E-state index in [1.54, 1.807) is 0 Å². The van der Waals surface area contributed by atoms with Crippen LogP contribution in [0.5, 0.6) is 0 Å². The number of nitrogens with two attached hydrogens (primary N) is 1. The number of rotatable bonds is 2. The van der Waals surface area contributed by atoms with E-state index in [4.69, 9.17) is 17.3 Å². The zero-order valence-electron chi connectivity index (χ0n) is 11.9. The van der Waals surface area contributed by atoms with Crippen LogP contribution in [0.4, 0.5) is 0 Å². The zero-order chi connectivity index (χ0) is 15.0. The number of nitrogens with zero attached hydrogens (tertiary/aromatic N) is 2. The molecule has 0 aromatic carbocycles. The number of hydrogen-bond donors (Lipinski definition) is 1. The number of aromatic nitrogens is 1. The van der Waals surface area contributed by atoms with Gasteiger partial charge in [-0.1, -0.05) is 32.4 Å². The van der Waals surface area contributed by atoms with E-state index in [0.717, 1.165) is 24.1 Å². The topological polar surface area (TPSA) is 79.8 Å². The molecular formula is C15H18ClN3O. The van der Waals surface area contributed by atoms with Crippen molar-refractivity contribution in [2.24, 2.45) is 11.7 Å². The second-order valence-electron chi connectivity index (χ2n) is 5.76. The number of halogens is 1. The van der Waals surface area contributed by atoms with Gasteiger partial charge in [-0.05, 0) is 30.2 Å². The summed E-state index contributed by atoms with van der Waals surface area (Å²) in [5.41, 5.74) is 7.44. The monoisotopic (exact) mass is 291 g/mol. The third-order valence-corrected chi connectivity index (χ3v) is 4.41. The Morgan fingerprint density at radius 1 is 1.50 bits per heavy atom. The van der Waals surface area contributed by atoms with Gasteiger partial charge in [-0.2, -0.15) is 5.26 Å². The number of pyridine rings is 1. The summed E-state index contributed by atoms with van der Waals surface area (Å²) in [6, 6.07) is 2.11. The number of amides is 1. The lowest BCUT2D eigenvalue weighted by Crippen LogP contribution is -2.24. The molecule has 1 aromatic heterocycles. The average molecular weight is 292 g/mol. The highest BCUT2D eigenvalue weighted by molar-refractivity contribution is 6.33. The fourth-order valence-electron chi connectivity index (χ4n) is 3.07. The predicted octanol–water partition coefficient (Wildman–Crippen LogP) is 3.34. The van der Waals surface area contributed by atoms with Crippen molar-refractivity contribution in [2.45, 2.75) is 45.4 Å². The van der Waals surface area contributed by atoms with E-state index in [2.05, 4.69) is 31.8 Å². The highest BCUT2D eigenvalue weighted by atomic mass is 35.5. The van der Waals surface area contributed by atoms with Gasteiger partial charge in [-0.3, -0.25) is 4.79 Å². The number of fused-ring (bicyclic) bond motifs is 1. The lowest BCUT2D eigenvalue weighted by Gasteiger charge is -2.32. The smallest absolute Gasteiger partial charge is 0.253 e. The molecule has 106 valence electrons. The molecule has 1 heterocycles. The number of carbonyl (C=O) groups excluding carboxylic acids is 1. The minimum atomic E-state index is -0.694. The van der Waals surface area contributed by atoms with Gasteiger partial charge in [0.15, 0.2) is 0 Å². The molecule has 0 unspecified atom stereocenters. The predicted molar refractivity (Wildman–Crippen MR) is 77.7 cm³/mol. The molecule has 0 saturated carbocycles. The standard InChI is InChI=1S/C15H18ClN3O/c1-7(2)9-5-4-8(3)11-10(6-17)12(15(18)20)14(16)19-13(9)11/h7-9H,4-5H2,1-3H3,(H2,18,20)/t8-,9-/m0/s1. The van der Waals surface area contributed by atoms with E-state index in [9.17, 15) is 10.1 Å². The first-order chi connectivity index (χ1) is 9.38. The molecule has 2 N–H and O–H groups in total. The highest BCUT2D eigenvalue weighted by Gasteiger charge is 2.33. The molecule has 0 fully saturated rings. The summed E-state index contributed by atoms with van der Waals surface area (Å²) in [7, 11) is 0. The third kappa shape index (κ3) is 2.27. The molecule has 0 aliphatic heterocycles. The van der Waals surface area contributed by atoms with Gasteiger partial charge in [0.25, 0.3) is 5.91 Å². The summed E-state index contributed by atoms with van der Waals surface area (Å²) < 4.78 is 0. The lowest BCUT2D eigenvalue weighted by atomic mass is 9.74. The van der Waals surface area contributed by atoms with Crippen LogP contribution in [0.25, 0.3) is 0 Å². The van der Waals surface area contributed by atoms with Crippen LogP contribution in [0.1, 0.15) is 72.6 Å². The molecule has 2 atom stereocenters. The van der Waals surface area contributed by atoms with Crippen molar-refractivity contribution in [3.8, 4) is 6.07 Å².